The first-order valence-electron chi connectivity index (χ1n) is 4.98. The number of carbonyl (C=O) groups is 1. The van der Waals surface area contributed by atoms with E-state index in [0.717, 1.165) is 26.4 Å². The zero-order chi connectivity index (χ0) is 11.1. The van der Waals surface area contributed by atoms with Crippen molar-refractivity contribution in [3.05, 3.63) is 20.3 Å². The number of hydrogen-bond acceptors (Lipinski definition) is 3. The van der Waals surface area contributed by atoms with Gasteiger partial charge in [-0.3, -0.25) is 4.79 Å². The van der Waals surface area contributed by atoms with E-state index >= 15 is 0 Å². The highest BCUT2D eigenvalue weighted by Gasteiger charge is 2.38. The number of Topliss-reactive ketones (excluding diaryl/α,β-unsaturated/α-hetero) is 1. The third-order valence-electron chi connectivity index (χ3n) is 2.78. The van der Waals surface area contributed by atoms with Crippen molar-refractivity contribution in [3.8, 4) is 0 Å². The van der Waals surface area contributed by atoms with Gasteiger partial charge in [0.25, 0.3) is 0 Å². The fourth-order valence-electron chi connectivity index (χ4n) is 1.79. The molecule has 1 aromatic heterocycles. The summed E-state index contributed by atoms with van der Waals surface area (Å²) in [6, 6.07) is 2.00. The molecule has 1 aromatic rings. The van der Waals surface area contributed by atoms with Crippen LogP contribution in [-0.2, 0) is 0 Å². The summed E-state index contributed by atoms with van der Waals surface area (Å²) in [6.07, 6.45) is 2.18. The van der Waals surface area contributed by atoms with E-state index in [4.69, 9.17) is 0 Å². The van der Waals surface area contributed by atoms with Crippen molar-refractivity contribution in [2.45, 2.75) is 31.4 Å². The van der Waals surface area contributed by atoms with Crippen LogP contribution in [0.5, 0.6) is 0 Å². The summed E-state index contributed by atoms with van der Waals surface area (Å²) in [6.45, 7) is 4.11. The molecular formula is C11H13BrOS2. The van der Waals surface area contributed by atoms with Crippen LogP contribution >= 0.6 is 39.0 Å². The summed E-state index contributed by atoms with van der Waals surface area (Å²) in [5.41, 5.74) is 1.16. The van der Waals surface area contributed by atoms with Crippen molar-refractivity contribution in [3.63, 3.8) is 0 Å². The van der Waals surface area contributed by atoms with Gasteiger partial charge in [-0.05, 0) is 60.0 Å². The third-order valence-corrected chi connectivity index (χ3v) is 6.43. The maximum absolute atomic E-state index is 12.3. The molecule has 15 heavy (non-hydrogen) atoms. The van der Waals surface area contributed by atoms with E-state index in [1.54, 1.807) is 23.1 Å². The van der Waals surface area contributed by atoms with Crippen molar-refractivity contribution in [2.75, 3.05) is 5.75 Å². The molecule has 0 spiro atoms. The Morgan fingerprint density at radius 2 is 2.33 bits per heavy atom. The number of rotatable bonds is 2. The molecule has 2 rings (SSSR count). The standard InChI is InChI=1S/C11H13BrOS2/c1-7-6-8(15-10(7)12)9(13)11(2)4-3-5-14-11/h6H,3-5H2,1-2H3. The number of thiophene rings is 1. The van der Waals surface area contributed by atoms with Gasteiger partial charge in [-0.15, -0.1) is 23.1 Å². The SMILES string of the molecule is Cc1cc(C(=O)C2(C)CCCS2)sc1Br. The molecule has 0 amide bonds. The lowest BCUT2D eigenvalue weighted by Crippen LogP contribution is -2.27. The van der Waals surface area contributed by atoms with Crippen LogP contribution in [0.15, 0.2) is 9.85 Å². The van der Waals surface area contributed by atoms with Gasteiger partial charge in [-0.25, -0.2) is 0 Å². The summed E-state index contributed by atoms with van der Waals surface area (Å²) < 4.78 is 0.911. The Morgan fingerprint density at radius 1 is 1.60 bits per heavy atom. The normalized spacial score (nSPS) is 25.8. The van der Waals surface area contributed by atoms with E-state index in [1.807, 2.05) is 13.0 Å². The van der Waals surface area contributed by atoms with Gasteiger partial charge in [-0.2, -0.15) is 0 Å². The lowest BCUT2D eigenvalue weighted by atomic mass is 9.99. The smallest absolute Gasteiger partial charge is 0.188 e. The Labute approximate surface area is 107 Å². The third kappa shape index (κ3) is 2.17. The van der Waals surface area contributed by atoms with Crippen LogP contribution in [0.25, 0.3) is 0 Å². The fraction of sp³-hybridized carbons (Fsp3) is 0.545. The highest BCUT2D eigenvalue weighted by atomic mass is 79.9. The van der Waals surface area contributed by atoms with E-state index in [2.05, 4.69) is 22.9 Å². The van der Waals surface area contributed by atoms with E-state index in [0.29, 0.717) is 5.78 Å². The number of ketones is 1. The maximum Gasteiger partial charge on any atom is 0.188 e. The predicted molar refractivity (Wildman–Crippen MR) is 71.2 cm³/mol. The summed E-state index contributed by atoms with van der Waals surface area (Å²) in [5.74, 6) is 1.43. The molecule has 4 heteroatoms. The number of halogens is 1. The van der Waals surface area contributed by atoms with E-state index in [9.17, 15) is 4.79 Å². The van der Waals surface area contributed by atoms with Gasteiger partial charge in [0.05, 0.1) is 13.4 Å². The van der Waals surface area contributed by atoms with Crippen molar-refractivity contribution in [1.82, 2.24) is 0 Å². The first-order valence-corrected chi connectivity index (χ1v) is 7.57. The molecule has 1 fully saturated rings. The number of thioether (sulfide) groups is 1. The second kappa shape index (κ2) is 4.22. The molecule has 82 valence electrons. The number of hydrogen-bond donors (Lipinski definition) is 0. The molecule has 1 saturated heterocycles. The molecule has 0 aliphatic carbocycles. The molecule has 0 aromatic carbocycles. The van der Waals surface area contributed by atoms with Gasteiger partial charge in [0.2, 0.25) is 0 Å². The Hall–Kier alpha value is 0.200. The zero-order valence-corrected chi connectivity index (χ0v) is 12.0. The molecule has 1 nitrogen and oxygen atoms in total. The van der Waals surface area contributed by atoms with Gasteiger partial charge in [0.15, 0.2) is 5.78 Å². The molecule has 1 aliphatic heterocycles. The van der Waals surface area contributed by atoms with E-state index < -0.39 is 0 Å². The Bertz CT molecular complexity index is 372. The predicted octanol–water partition coefficient (Wildman–Crippen LogP) is 4.29. The van der Waals surface area contributed by atoms with Crippen LogP contribution in [0.4, 0.5) is 0 Å². The van der Waals surface area contributed by atoms with Crippen LogP contribution in [0.3, 0.4) is 0 Å². The van der Waals surface area contributed by atoms with Crippen molar-refractivity contribution in [1.29, 1.82) is 0 Å². The number of aryl methyl sites for hydroxylation is 1. The van der Waals surface area contributed by atoms with E-state index in [-0.39, 0.29) is 4.75 Å². The molecule has 1 unspecified atom stereocenters. The van der Waals surface area contributed by atoms with Crippen LogP contribution in [0.2, 0.25) is 0 Å². The van der Waals surface area contributed by atoms with Gasteiger partial charge < -0.3 is 0 Å². The molecular weight excluding hydrogens is 292 g/mol. The van der Waals surface area contributed by atoms with Crippen molar-refractivity contribution in [2.24, 2.45) is 0 Å². The first-order chi connectivity index (χ1) is 7.03. The molecule has 0 N–H and O–H groups in total. The van der Waals surface area contributed by atoms with E-state index in [1.165, 1.54) is 6.42 Å². The Morgan fingerprint density at radius 3 is 2.80 bits per heavy atom. The molecule has 0 saturated carbocycles. The minimum absolute atomic E-state index is 0.170. The molecule has 0 radical (unpaired) electrons. The lowest BCUT2D eigenvalue weighted by Gasteiger charge is -2.19. The summed E-state index contributed by atoms with van der Waals surface area (Å²) >= 11 is 6.84. The highest BCUT2D eigenvalue weighted by Crippen LogP contribution is 2.42. The van der Waals surface area contributed by atoms with Crippen LogP contribution in [0, 0.1) is 6.92 Å². The van der Waals surface area contributed by atoms with Crippen LogP contribution in [-0.4, -0.2) is 16.3 Å². The molecule has 2 heterocycles. The second-order valence-corrected chi connectivity index (χ2v) is 8.05. The average Bonchev–Trinajstić information content (AvgIpc) is 2.75. The topological polar surface area (TPSA) is 17.1 Å². The van der Waals surface area contributed by atoms with Gasteiger partial charge in [0, 0.05) is 0 Å². The maximum atomic E-state index is 12.3. The Balaban J connectivity index is 2.27. The van der Waals surface area contributed by atoms with Crippen molar-refractivity contribution < 1.29 is 4.79 Å². The highest BCUT2D eigenvalue weighted by molar-refractivity contribution is 9.11. The monoisotopic (exact) mass is 304 g/mol. The minimum Gasteiger partial charge on any atom is -0.292 e. The summed E-state index contributed by atoms with van der Waals surface area (Å²) in [7, 11) is 0. The first kappa shape index (κ1) is 11.7. The largest absolute Gasteiger partial charge is 0.292 e. The van der Waals surface area contributed by atoms with Crippen LogP contribution < -0.4 is 0 Å². The molecule has 0 bridgehead atoms. The molecule has 1 aliphatic rings. The quantitative estimate of drug-likeness (QED) is 0.758. The minimum atomic E-state index is -0.170. The summed E-state index contributed by atoms with van der Waals surface area (Å²) in [4.78, 5) is 13.2. The van der Waals surface area contributed by atoms with Gasteiger partial charge >= 0.3 is 0 Å². The van der Waals surface area contributed by atoms with Gasteiger partial charge in [-0.1, -0.05) is 0 Å². The zero-order valence-electron chi connectivity index (χ0n) is 8.80. The fourth-order valence-corrected chi connectivity index (χ4v) is 4.73. The van der Waals surface area contributed by atoms with Crippen LogP contribution in [0.1, 0.15) is 35.0 Å². The second-order valence-electron chi connectivity index (χ2n) is 4.08. The van der Waals surface area contributed by atoms with Gasteiger partial charge in [0.1, 0.15) is 0 Å². The van der Waals surface area contributed by atoms with Crippen molar-refractivity contribution >= 4 is 44.8 Å². The Kier molecular flexibility index (Phi) is 3.29. The molecule has 1 atom stereocenters. The average molecular weight is 305 g/mol. The summed E-state index contributed by atoms with van der Waals surface area (Å²) in [5, 5.41) is 0. The number of carbonyl (C=O) groups excluding carboxylic acids is 1. The lowest BCUT2D eigenvalue weighted by molar-refractivity contribution is 0.0953.